The van der Waals surface area contributed by atoms with Crippen molar-refractivity contribution in [2.24, 2.45) is 0 Å². The molecule has 0 bridgehead atoms. The highest BCUT2D eigenvalue weighted by Gasteiger charge is 2.23. The van der Waals surface area contributed by atoms with Gasteiger partial charge in [0.2, 0.25) is 5.91 Å². The second-order valence-electron chi connectivity index (χ2n) is 5.63. The molecule has 24 heavy (non-hydrogen) atoms. The zero-order valence-electron chi connectivity index (χ0n) is 13.7. The van der Waals surface area contributed by atoms with Crippen molar-refractivity contribution in [3.8, 4) is 5.75 Å². The van der Waals surface area contributed by atoms with Crippen molar-refractivity contribution in [1.29, 1.82) is 0 Å². The number of ether oxygens (including phenoxy) is 1. The van der Waals surface area contributed by atoms with Gasteiger partial charge in [0.05, 0.1) is 7.11 Å². The fourth-order valence-electron chi connectivity index (χ4n) is 2.50. The highest BCUT2D eigenvalue weighted by atomic mass is 16.5. The Morgan fingerprint density at radius 3 is 2.38 bits per heavy atom. The van der Waals surface area contributed by atoms with E-state index in [4.69, 9.17) is 4.74 Å². The summed E-state index contributed by atoms with van der Waals surface area (Å²) in [5.41, 5.74) is 1.52. The first kappa shape index (κ1) is 17.5. The van der Waals surface area contributed by atoms with Crippen molar-refractivity contribution in [3.05, 3.63) is 65.7 Å². The van der Waals surface area contributed by atoms with Gasteiger partial charge in [-0.3, -0.25) is 4.79 Å². The van der Waals surface area contributed by atoms with Gasteiger partial charge in [0, 0.05) is 6.42 Å². The van der Waals surface area contributed by atoms with Crippen LogP contribution in [0.5, 0.6) is 5.75 Å². The van der Waals surface area contributed by atoms with E-state index in [1.54, 1.807) is 37.4 Å². The first-order valence-electron chi connectivity index (χ1n) is 7.72. The summed E-state index contributed by atoms with van der Waals surface area (Å²) in [4.78, 5) is 23.7. The quantitative estimate of drug-likeness (QED) is 0.819. The van der Waals surface area contributed by atoms with Crippen molar-refractivity contribution < 1.29 is 19.4 Å². The summed E-state index contributed by atoms with van der Waals surface area (Å²) in [5, 5.41) is 12.0. The van der Waals surface area contributed by atoms with Crippen LogP contribution in [-0.4, -0.2) is 24.1 Å². The summed E-state index contributed by atoms with van der Waals surface area (Å²) in [6.45, 7) is 1.92. The molecule has 2 atom stereocenters. The highest BCUT2D eigenvalue weighted by Crippen LogP contribution is 2.23. The Morgan fingerprint density at radius 2 is 1.75 bits per heavy atom. The highest BCUT2D eigenvalue weighted by molar-refractivity contribution is 5.84. The molecule has 0 heterocycles. The number of nitrogens with one attached hydrogen (secondary N) is 1. The number of aliphatic carboxylic acids is 1. The van der Waals surface area contributed by atoms with Gasteiger partial charge in [0.15, 0.2) is 6.04 Å². The predicted molar refractivity (Wildman–Crippen MR) is 91.0 cm³/mol. The number of benzene rings is 2. The van der Waals surface area contributed by atoms with Crippen LogP contribution in [0, 0.1) is 0 Å². The van der Waals surface area contributed by atoms with Gasteiger partial charge in [0.1, 0.15) is 5.75 Å². The fourth-order valence-corrected chi connectivity index (χ4v) is 2.50. The predicted octanol–water partition coefficient (Wildman–Crippen LogP) is 3.13. The maximum atomic E-state index is 12.3. The summed E-state index contributed by atoms with van der Waals surface area (Å²) >= 11 is 0. The van der Waals surface area contributed by atoms with Crippen molar-refractivity contribution in [3.63, 3.8) is 0 Å². The molecule has 2 N–H and O–H groups in total. The number of carbonyl (C=O) groups excluding carboxylic acids is 1. The van der Waals surface area contributed by atoms with Crippen molar-refractivity contribution >= 4 is 11.9 Å². The molecule has 2 aromatic carbocycles. The van der Waals surface area contributed by atoms with Crippen molar-refractivity contribution in [2.75, 3.05) is 7.11 Å². The minimum atomic E-state index is -1.08. The Bertz CT molecular complexity index is 700. The number of carbonyl (C=O) groups is 2. The van der Waals surface area contributed by atoms with Gasteiger partial charge in [-0.1, -0.05) is 49.4 Å². The van der Waals surface area contributed by atoms with Crippen LogP contribution in [0.15, 0.2) is 54.6 Å². The summed E-state index contributed by atoms with van der Waals surface area (Å²) in [6, 6.07) is 15.1. The number of carboxylic acids is 1. The SMILES string of the molecule is COc1cccc(C(C)CC(=O)NC(C(=O)O)c2ccccc2)c1. The minimum absolute atomic E-state index is 0.0506. The van der Waals surface area contributed by atoms with Gasteiger partial charge in [-0.15, -0.1) is 0 Å². The topological polar surface area (TPSA) is 75.6 Å². The zero-order valence-corrected chi connectivity index (χ0v) is 13.7. The van der Waals surface area contributed by atoms with Gasteiger partial charge in [-0.25, -0.2) is 4.79 Å². The van der Waals surface area contributed by atoms with Crippen molar-refractivity contribution in [1.82, 2.24) is 5.32 Å². The van der Waals surface area contributed by atoms with E-state index in [2.05, 4.69) is 5.32 Å². The van der Waals surface area contributed by atoms with Gasteiger partial charge in [0.25, 0.3) is 0 Å². The Morgan fingerprint density at radius 1 is 1.08 bits per heavy atom. The monoisotopic (exact) mass is 327 g/mol. The maximum Gasteiger partial charge on any atom is 0.330 e. The molecule has 0 aliphatic rings. The first-order valence-corrected chi connectivity index (χ1v) is 7.72. The number of rotatable bonds is 7. The molecular weight excluding hydrogens is 306 g/mol. The smallest absolute Gasteiger partial charge is 0.330 e. The summed E-state index contributed by atoms with van der Waals surface area (Å²) in [5.74, 6) is -0.706. The van der Waals surface area contributed by atoms with Crippen LogP contribution in [0.4, 0.5) is 0 Å². The normalized spacial score (nSPS) is 12.9. The molecule has 0 spiro atoms. The molecule has 5 nitrogen and oxygen atoms in total. The van der Waals surface area contributed by atoms with Gasteiger partial charge < -0.3 is 15.2 Å². The third-order valence-electron chi connectivity index (χ3n) is 3.84. The lowest BCUT2D eigenvalue weighted by molar-refractivity contribution is -0.142. The van der Waals surface area contributed by atoms with Crippen LogP contribution in [-0.2, 0) is 9.59 Å². The average molecular weight is 327 g/mol. The van der Waals surface area contributed by atoms with E-state index in [1.807, 2.05) is 31.2 Å². The van der Waals surface area contributed by atoms with Gasteiger partial charge in [-0.2, -0.15) is 0 Å². The van der Waals surface area contributed by atoms with Crippen LogP contribution < -0.4 is 10.1 Å². The average Bonchev–Trinajstić information content (AvgIpc) is 2.60. The molecule has 0 radical (unpaired) electrons. The lowest BCUT2D eigenvalue weighted by Crippen LogP contribution is -2.34. The Kier molecular flexibility index (Phi) is 5.95. The number of methoxy groups -OCH3 is 1. The fraction of sp³-hybridized carbons (Fsp3) is 0.263. The molecule has 2 aromatic rings. The van der Waals surface area contributed by atoms with E-state index in [0.717, 1.165) is 11.3 Å². The van der Waals surface area contributed by atoms with Gasteiger partial charge >= 0.3 is 5.97 Å². The second-order valence-corrected chi connectivity index (χ2v) is 5.63. The standard InChI is InChI=1S/C19H21NO4/c1-13(15-9-6-10-16(12-15)24-2)11-17(21)20-18(19(22)23)14-7-4-3-5-8-14/h3-10,12-13,18H,11H2,1-2H3,(H,20,21)(H,22,23). The Balaban J connectivity index is 2.04. The van der Waals surface area contributed by atoms with Crippen LogP contribution >= 0.6 is 0 Å². The molecule has 2 rings (SSSR count). The largest absolute Gasteiger partial charge is 0.497 e. The van der Waals surface area contributed by atoms with E-state index < -0.39 is 12.0 Å². The molecule has 0 aromatic heterocycles. The number of hydrogen-bond donors (Lipinski definition) is 2. The molecule has 2 unspecified atom stereocenters. The van der Waals surface area contributed by atoms with E-state index in [1.165, 1.54) is 0 Å². The molecule has 0 saturated heterocycles. The lowest BCUT2D eigenvalue weighted by Gasteiger charge is -2.17. The molecule has 126 valence electrons. The maximum absolute atomic E-state index is 12.3. The summed E-state index contributed by atoms with van der Waals surface area (Å²) < 4.78 is 5.19. The van der Waals surface area contributed by atoms with Crippen LogP contribution in [0.2, 0.25) is 0 Å². The molecule has 5 heteroatoms. The van der Waals surface area contributed by atoms with E-state index in [0.29, 0.717) is 5.56 Å². The first-order chi connectivity index (χ1) is 11.5. The lowest BCUT2D eigenvalue weighted by atomic mass is 9.97. The minimum Gasteiger partial charge on any atom is -0.497 e. The van der Waals surface area contributed by atoms with E-state index in [-0.39, 0.29) is 18.2 Å². The molecular formula is C19H21NO4. The molecule has 1 amide bonds. The van der Waals surface area contributed by atoms with Gasteiger partial charge in [-0.05, 0) is 29.2 Å². The van der Waals surface area contributed by atoms with Crippen LogP contribution in [0.25, 0.3) is 0 Å². The molecule has 0 fully saturated rings. The molecule has 0 aliphatic carbocycles. The third-order valence-corrected chi connectivity index (χ3v) is 3.84. The van der Waals surface area contributed by atoms with Crippen molar-refractivity contribution in [2.45, 2.75) is 25.3 Å². The number of amides is 1. The zero-order chi connectivity index (χ0) is 17.5. The van der Waals surface area contributed by atoms with Crippen LogP contribution in [0.1, 0.15) is 36.4 Å². The Hall–Kier alpha value is -2.82. The summed E-state index contributed by atoms with van der Waals surface area (Å²) in [7, 11) is 1.59. The molecule has 0 saturated carbocycles. The summed E-state index contributed by atoms with van der Waals surface area (Å²) in [6.07, 6.45) is 0.198. The van der Waals surface area contributed by atoms with Crippen LogP contribution in [0.3, 0.4) is 0 Å². The third kappa shape index (κ3) is 4.59. The van der Waals surface area contributed by atoms with E-state index in [9.17, 15) is 14.7 Å². The second kappa shape index (κ2) is 8.15. The number of carboxylic acid groups (broad SMARTS) is 1. The Labute approximate surface area is 141 Å². The molecule has 0 aliphatic heterocycles. The number of hydrogen-bond acceptors (Lipinski definition) is 3. The van der Waals surface area contributed by atoms with E-state index >= 15 is 0 Å².